The molecule has 0 saturated heterocycles. The van der Waals surface area contributed by atoms with E-state index in [4.69, 9.17) is 10.5 Å². The van der Waals surface area contributed by atoms with Crippen molar-refractivity contribution in [1.29, 1.82) is 0 Å². The molecule has 1 saturated carbocycles. The minimum atomic E-state index is 0.158. The van der Waals surface area contributed by atoms with Crippen LogP contribution in [0.2, 0.25) is 0 Å². The number of hydrogen-bond donors (Lipinski definition) is 2. The smallest absolute Gasteiger partial charge is 0.202 e. The highest BCUT2D eigenvalue weighted by Gasteiger charge is 2.39. The van der Waals surface area contributed by atoms with Gasteiger partial charge in [0.1, 0.15) is 5.82 Å². The number of hydrogen-bond acceptors (Lipinski definition) is 6. The van der Waals surface area contributed by atoms with E-state index >= 15 is 0 Å². The summed E-state index contributed by atoms with van der Waals surface area (Å²) in [4.78, 5) is 4.25. The van der Waals surface area contributed by atoms with E-state index in [0.717, 1.165) is 24.0 Å². The second-order valence-electron chi connectivity index (χ2n) is 3.71. The molecule has 3 N–H and O–H groups in total. The van der Waals surface area contributed by atoms with Gasteiger partial charge in [-0.2, -0.15) is 4.37 Å². The number of aromatic nitrogens is 2. The third-order valence-electron chi connectivity index (χ3n) is 2.56. The van der Waals surface area contributed by atoms with Crippen molar-refractivity contribution >= 4 is 16.7 Å². The van der Waals surface area contributed by atoms with Gasteiger partial charge in [0.25, 0.3) is 0 Å². The maximum absolute atomic E-state index is 5.91. The van der Waals surface area contributed by atoms with Crippen LogP contribution in [-0.4, -0.2) is 34.2 Å². The standard InChI is InChI=1S/C9H16N4OS/c1-3-14-7-4-6(10)8(7)12-9-11-5(2)13-15-9/h6-8H,3-4,10H2,1-2H3,(H,11,12,13). The van der Waals surface area contributed by atoms with E-state index in [0.29, 0.717) is 0 Å². The Morgan fingerprint density at radius 3 is 3.00 bits per heavy atom. The predicted octanol–water partition coefficient (Wildman–Crippen LogP) is 0.763. The molecule has 0 amide bonds. The first-order chi connectivity index (χ1) is 7.20. The Labute approximate surface area is 93.2 Å². The largest absolute Gasteiger partial charge is 0.376 e. The molecule has 1 aliphatic carbocycles. The van der Waals surface area contributed by atoms with E-state index < -0.39 is 0 Å². The molecule has 1 aromatic rings. The fourth-order valence-electron chi connectivity index (χ4n) is 1.73. The fraction of sp³-hybridized carbons (Fsp3) is 0.778. The molecule has 3 unspecified atom stereocenters. The maximum Gasteiger partial charge on any atom is 0.202 e. The summed E-state index contributed by atoms with van der Waals surface area (Å²) in [6.45, 7) is 4.60. The summed E-state index contributed by atoms with van der Waals surface area (Å²) in [6, 6.07) is 0.336. The summed E-state index contributed by atoms with van der Waals surface area (Å²) < 4.78 is 9.66. The second kappa shape index (κ2) is 4.42. The lowest BCUT2D eigenvalue weighted by atomic mass is 9.83. The van der Waals surface area contributed by atoms with E-state index in [2.05, 4.69) is 14.7 Å². The molecule has 5 nitrogen and oxygen atoms in total. The zero-order valence-electron chi connectivity index (χ0n) is 8.93. The Morgan fingerprint density at radius 1 is 1.67 bits per heavy atom. The van der Waals surface area contributed by atoms with Crippen LogP contribution in [0.5, 0.6) is 0 Å². The number of ether oxygens (including phenoxy) is 1. The number of nitrogens with two attached hydrogens (primary N) is 1. The van der Waals surface area contributed by atoms with E-state index in [-0.39, 0.29) is 18.2 Å². The SMILES string of the molecule is CCOC1CC(N)C1Nc1nc(C)ns1. The third-order valence-corrected chi connectivity index (χ3v) is 3.30. The molecule has 0 aliphatic heterocycles. The molecule has 1 aliphatic rings. The Bertz CT molecular complexity index is 328. The average Bonchev–Trinajstić information content (AvgIpc) is 2.61. The Morgan fingerprint density at radius 2 is 2.47 bits per heavy atom. The van der Waals surface area contributed by atoms with Crippen molar-refractivity contribution < 1.29 is 4.74 Å². The van der Waals surface area contributed by atoms with Crippen LogP contribution in [-0.2, 0) is 4.74 Å². The summed E-state index contributed by atoms with van der Waals surface area (Å²) in [5, 5.41) is 4.11. The molecule has 1 fully saturated rings. The first-order valence-electron chi connectivity index (χ1n) is 5.14. The summed E-state index contributed by atoms with van der Waals surface area (Å²) in [6.07, 6.45) is 1.14. The van der Waals surface area contributed by atoms with E-state index in [1.807, 2.05) is 13.8 Å². The van der Waals surface area contributed by atoms with Crippen LogP contribution in [0.15, 0.2) is 0 Å². The molecule has 1 heterocycles. The lowest BCUT2D eigenvalue weighted by Crippen LogP contribution is -2.60. The lowest BCUT2D eigenvalue weighted by molar-refractivity contribution is -0.0126. The van der Waals surface area contributed by atoms with Crippen LogP contribution in [0.25, 0.3) is 0 Å². The molecule has 3 atom stereocenters. The van der Waals surface area contributed by atoms with Gasteiger partial charge in [0.15, 0.2) is 0 Å². The third kappa shape index (κ3) is 2.27. The monoisotopic (exact) mass is 228 g/mol. The van der Waals surface area contributed by atoms with E-state index in [9.17, 15) is 0 Å². The van der Waals surface area contributed by atoms with Gasteiger partial charge in [-0.05, 0) is 20.3 Å². The number of anilines is 1. The quantitative estimate of drug-likeness (QED) is 0.796. The molecule has 0 spiro atoms. The molecular weight excluding hydrogens is 212 g/mol. The summed E-state index contributed by atoms with van der Waals surface area (Å²) in [5.74, 6) is 0.795. The van der Waals surface area contributed by atoms with E-state index in [1.54, 1.807) is 0 Å². The number of nitrogens with zero attached hydrogens (tertiary/aromatic N) is 2. The molecule has 0 aromatic carbocycles. The average molecular weight is 228 g/mol. The summed E-state index contributed by atoms with van der Waals surface area (Å²) in [5.41, 5.74) is 5.91. The van der Waals surface area contributed by atoms with Crippen LogP contribution >= 0.6 is 11.5 Å². The molecule has 6 heteroatoms. The maximum atomic E-state index is 5.91. The Hall–Kier alpha value is -0.720. The van der Waals surface area contributed by atoms with Crippen molar-refractivity contribution in [3.63, 3.8) is 0 Å². The van der Waals surface area contributed by atoms with Gasteiger partial charge in [-0.3, -0.25) is 0 Å². The van der Waals surface area contributed by atoms with Gasteiger partial charge in [-0.1, -0.05) is 0 Å². The van der Waals surface area contributed by atoms with Gasteiger partial charge < -0.3 is 15.8 Å². The number of aryl methyl sites for hydroxylation is 1. The van der Waals surface area contributed by atoms with Gasteiger partial charge in [-0.15, -0.1) is 0 Å². The number of nitrogens with one attached hydrogen (secondary N) is 1. The van der Waals surface area contributed by atoms with Crippen molar-refractivity contribution in [2.45, 2.75) is 38.5 Å². The molecule has 0 bridgehead atoms. The van der Waals surface area contributed by atoms with E-state index in [1.165, 1.54) is 11.5 Å². The van der Waals surface area contributed by atoms with Crippen molar-refractivity contribution in [1.82, 2.24) is 9.36 Å². The van der Waals surface area contributed by atoms with Gasteiger partial charge in [0.2, 0.25) is 5.13 Å². The highest BCUT2D eigenvalue weighted by Crippen LogP contribution is 2.26. The number of rotatable bonds is 4. The van der Waals surface area contributed by atoms with Gasteiger partial charge >= 0.3 is 0 Å². The molecule has 2 rings (SSSR count). The van der Waals surface area contributed by atoms with Crippen molar-refractivity contribution in [2.24, 2.45) is 5.73 Å². The van der Waals surface area contributed by atoms with Crippen LogP contribution < -0.4 is 11.1 Å². The topological polar surface area (TPSA) is 73.1 Å². The molecule has 15 heavy (non-hydrogen) atoms. The van der Waals surface area contributed by atoms with Crippen molar-refractivity contribution in [3.05, 3.63) is 5.82 Å². The first kappa shape index (κ1) is 10.8. The van der Waals surface area contributed by atoms with Gasteiger partial charge in [0.05, 0.1) is 12.1 Å². The fourth-order valence-corrected chi connectivity index (χ4v) is 2.35. The second-order valence-corrected chi connectivity index (χ2v) is 4.46. The van der Waals surface area contributed by atoms with Crippen molar-refractivity contribution in [2.75, 3.05) is 11.9 Å². The molecular formula is C9H16N4OS. The van der Waals surface area contributed by atoms with Crippen LogP contribution in [0.3, 0.4) is 0 Å². The summed E-state index contributed by atoms with van der Waals surface area (Å²) >= 11 is 1.37. The Balaban J connectivity index is 1.93. The predicted molar refractivity (Wildman–Crippen MR) is 60.1 cm³/mol. The van der Waals surface area contributed by atoms with Gasteiger partial charge in [0, 0.05) is 24.2 Å². The minimum absolute atomic E-state index is 0.158. The van der Waals surface area contributed by atoms with Crippen LogP contribution in [0.1, 0.15) is 19.2 Å². The molecule has 1 aromatic heterocycles. The highest BCUT2D eigenvalue weighted by atomic mass is 32.1. The van der Waals surface area contributed by atoms with Crippen LogP contribution in [0.4, 0.5) is 5.13 Å². The normalized spacial score (nSPS) is 29.9. The van der Waals surface area contributed by atoms with Gasteiger partial charge in [-0.25, -0.2) is 4.98 Å². The minimum Gasteiger partial charge on any atom is -0.376 e. The summed E-state index contributed by atoms with van der Waals surface area (Å²) in [7, 11) is 0. The Kier molecular flexibility index (Phi) is 3.18. The zero-order valence-corrected chi connectivity index (χ0v) is 9.75. The zero-order chi connectivity index (χ0) is 10.8. The molecule has 84 valence electrons. The van der Waals surface area contributed by atoms with Crippen molar-refractivity contribution in [3.8, 4) is 0 Å². The first-order valence-corrected chi connectivity index (χ1v) is 5.92. The van der Waals surface area contributed by atoms with Crippen LogP contribution in [0, 0.1) is 6.92 Å². The molecule has 0 radical (unpaired) electrons. The highest BCUT2D eigenvalue weighted by molar-refractivity contribution is 7.09. The lowest BCUT2D eigenvalue weighted by Gasteiger charge is -2.42.